The van der Waals surface area contributed by atoms with E-state index in [2.05, 4.69) is 20.6 Å². The SMILES string of the molecule is CNc1nc(NCCC(F)(F)F)c2ccccc2n1. The number of fused-ring (bicyclic) bond motifs is 1. The molecule has 0 bridgehead atoms. The van der Waals surface area contributed by atoms with Crippen molar-refractivity contribution in [2.45, 2.75) is 12.6 Å². The van der Waals surface area contributed by atoms with Gasteiger partial charge in [0.25, 0.3) is 0 Å². The van der Waals surface area contributed by atoms with E-state index in [1.54, 1.807) is 25.2 Å². The number of aromatic nitrogens is 2. The number of anilines is 2. The molecule has 1 heterocycles. The lowest BCUT2D eigenvalue weighted by Crippen LogP contribution is -2.15. The van der Waals surface area contributed by atoms with Crippen LogP contribution in [0.2, 0.25) is 0 Å². The summed E-state index contributed by atoms with van der Waals surface area (Å²) in [6, 6.07) is 7.16. The monoisotopic (exact) mass is 270 g/mol. The molecule has 7 heteroatoms. The van der Waals surface area contributed by atoms with E-state index in [1.165, 1.54) is 0 Å². The van der Waals surface area contributed by atoms with Crippen molar-refractivity contribution in [2.75, 3.05) is 24.2 Å². The summed E-state index contributed by atoms with van der Waals surface area (Å²) in [4.78, 5) is 8.37. The van der Waals surface area contributed by atoms with Crippen molar-refractivity contribution >= 4 is 22.7 Å². The number of hydrogen-bond acceptors (Lipinski definition) is 4. The van der Waals surface area contributed by atoms with Crippen molar-refractivity contribution in [3.05, 3.63) is 24.3 Å². The van der Waals surface area contributed by atoms with Crippen LogP contribution in [0.1, 0.15) is 6.42 Å². The third-order valence-electron chi connectivity index (χ3n) is 2.53. The number of benzene rings is 1. The van der Waals surface area contributed by atoms with Gasteiger partial charge in [-0.15, -0.1) is 0 Å². The summed E-state index contributed by atoms with van der Waals surface area (Å²) in [5.74, 6) is 0.771. The molecule has 0 radical (unpaired) electrons. The van der Waals surface area contributed by atoms with Gasteiger partial charge in [0.05, 0.1) is 11.9 Å². The maximum atomic E-state index is 12.1. The molecule has 0 amide bonds. The van der Waals surface area contributed by atoms with Crippen molar-refractivity contribution in [3.8, 4) is 0 Å². The number of hydrogen-bond donors (Lipinski definition) is 2. The van der Waals surface area contributed by atoms with E-state index in [9.17, 15) is 13.2 Å². The fourth-order valence-electron chi connectivity index (χ4n) is 1.65. The molecule has 19 heavy (non-hydrogen) atoms. The lowest BCUT2D eigenvalue weighted by Gasteiger charge is -2.11. The Hall–Kier alpha value is -2.05. The quantitative estimate of drug-likeness (QED) is 0.896. The van der Waals surface area contributed by atoms with E-state index in [0.29, 0.717) is 22.7 Å². The molecule has 0 atom stereocenters. The van der Waals surface area contributed by atoms with E-state index in [4.69, 9.17) is 0 Å². The maximum Gasteiger partial charge on any atom is 0.390 e. The molecule has 0 saturated heterocycles. The van der Waals surface area contributed by atoms with E-state index in [-0.39, 0.29) is 6.54 Å². The van der Waals surface area contributed by atoms with E-state index in [1.807, 2.05) is 6.07 Å². The Morgan fingerprint density at radius 1 is 1.16 bits per heavy atom. The van der Waals surface area contributed by atoms with Crippen LogP contribution >= 0.6 is 0 Å². The van der Waals surface area contributed by atoms with Crippen molar-refractivity contribution in [3.63, 3.8) is 0 Å². The first-order valence-electron chi connectivity index (χ1n) is 5.75. The molecule has 102 valence electrons. The second-order valence-corrected chi connectivity index (χ2v) is 3.95. The van der Waals surface area contributed by atoms with Gasteiger partial charge in [0, 0.05) is 19.0 Å². The predicted octanol–water partition coefficient (Wildman–Crippen LogP) is 3.04. The second kappa shape index (κ2) is 5.29. The zero-order chi connectivity index (χ0) is 13.9. The predicted molar refractivity (Wildman–Crippen MR) is 68.2 cm³/mol. The highest BCUT2D eigenvalue weighted by Crippen LogP contribution is 2.23. The molecule has 0 spiro atoms. The average molecular weight is 270 g/mol. The minimum atomic E-state index is -4.18. The summed E-state index contributed by atoms with van der Waals surface area (Å²) in [5, 5.41) is 6.19. The fraction of sp³-hybridized carbons (Fsp3) is 0.333. The van der Waals surface area contributed by atoms with Crippen LogP contribution in [-0.2, 0) is 0 Å². The molecule has 1 aromatic heterocycles. The standard InChI is InChI=1S/C12H13F3N4/c1-16-11-18-9-5-3-2-4-8(9)10(19-11)17-7-6-12(13,14)15/h2-5H,6-7H2,1H3,(H2,16,17,18,19). The first-order chi connectivity index (χ1) is 8.99. The number of nitrogens with zero attached hydrogens (tertiary/aromatic N) is 2. The van der Waals surface area contributed by atoms with Gasteiger partial charge in [-0.3, -0.25) is 0 Å². The van der Waals surface area contributed by atoms with E-state index >= 15 is 0 Å². The zero-order valence-electron chi connectivity index (χ0n) is 10.3. The molecule has 2 rings (SSSR count). The van der Waals surface area contributed by atoms with Crippen LogP contribution in [-0.4, -0.2) is 29.7 Å². The van der Waals surface area contributed by atoms with E-state index in [0.717, 1.165) is 0 Å². The molecular weight excluding hydrogens is 257 g/mol. The van der Waals surface area contributed by atoms with Crippen LogP contribution in [0.15, 0.2) is 24.3 Å². The molecule has 0 unspecified atom stereocenters. The number of nitrogens with one attached hydrogen (secondary N) is 2. The van der Waals surface area contributed by atoms with Crippen molar-refractivity contribution < 1.29 is 13.2 Å². The van der Waals surface area contributed by atoms with Gasteiger partial charge in [0.1, 0.15) is 5.82 Å². The smallest absolute Gasteiger partial charge is 0.369 e. The Labute approximate surface area is 108 Å². The van der Waals surface area contributed by atoms with Gasteiger partial charge in [0.2, 0.25) is 5.95 Å². The van der Waals surface area contributed by atoms with Gasteiger partial charge in [-0.1, -0.05) is 12.1 Å². The summed E-state index contributed by atoms with van der Waals surface area (Å²) in [5.41, 5.74) is 0.677. The molecule has 0 fully saturated rings. The van der Waals surface area contributed by atoms with Crippen LogP contribution in [0.5, 0.6) is 0 Å². The van der Waals surface area contributed by atoms with Crippen LogP contribution in [0, 0.1) is 0 Å². The van der Waals surface area contributed by atoms with Crippen LogP contribution < -0.4 is 10.6 Å². The average Bonchev–Trinajstić information content (AvgIpc) is 2.37. The number of alkyl halides is 3. The van der Waals surface area contributed by atoms with Crippen molar-refractivity contribution in [1.29, 1.82) is 0 Å². The third-order valence-corrected chi connectivity index (χ3v) is 2.53. The van der Waals surface area contributed by atoms with Crippen molar-refractivity contribution in [2.24, 2.45) is 0 Å². The van der Waals surface area contributed by atoms with Crippen molar-refractivity contribution in [1.82, 2.24) is 9.97 Å². The molecule has 1 aromatic carbocycles. The van der Waals surface area contributed by atoms with Gasteiger partial charge in [0.15, 0.2) is 0 Å². The van der Waals surface area contributed by atoms with Crippen LogP contribution in [0.3, 0.4) is 0 Å². The molecule has 2 aromatic rings. The molecule has 0 aliphatic heterocycles. The second-order valence-electron chi connectivity index (χ2n) is 3.95. The Kier molecular flexibility index (Phi) is 3.73. The topological polar surface area (TPSA) is 49.8 Å². The highest BCUT2D eigenvalue weighted by molar-refractivity contribution is 5.89. The Morgan fingerprint density at radius 2 is 1.89 bits per heavy atom. The Balaban J connectivity index is 2.25. The van der Waals surface area contributed by atoms with Gasteiger partial charge >= 0.3 is 6.18 Å². The van der Waals surface area contributed by atoms with Crippen LogP contribution in [0.4, 0.5) is 24.9 Å². The van der Waals surface area contributed by atoms with Gasteiger partial charge in [-0.25, -0.2) is 4.98 Å². The van der Waals surface area contributed by atoms with Crippen LogP contribution in [0.25, 0.3) is 10.9 Å². The molecule has 2 N–H and O–H groups in total. The molecule has 4 nitrogen and oxygen atoms in total. The van der Waals surface area contributed by atoms with Gasteiger partial charge in [-0.2, -0.15) is 18.2 Å². The highest BCUT2D eigenvalue weighted by atomic mass is 19.4. The minimum absolute atomic E-state index is 0.215. The summed E-state index contributed by atoms with van der Waals surface area (Å²) < 4.78 is 36.4. The number of halogens is 3. The summed E-state index contributed by atoms with van der Waals surface area (Å²) in [7, 11) is 1.66. The number of rotatable bonds is 4. The molecule has 0 saturated carbocycles. The zero-order valence-corrected chi connectivity index (χ0v) is 10.3. The highest BCUT2D eigenvalue weighted by Gasteiger charge is 2.26. The normalized spacial score (nSPS) is 11.6. The molecule has 0 aliphatic carbocycles. The summed E-state index contributed by atoms with van der Waals surface area (Å²) >= 11 is 0. The van der Waals surface area contributed by atoms with Gasteiger partial charge < -0.3 is 10.6 Å². The fourth-order valence-corrected chi connectivity index (χ4v) is 1.65. The summed E-state index contributed by atoms with van der Waals surface area (Å²) in [6.07, 6.45) is -5.08. The lowest BCUT2D eigenvalue weighted by molar-refractivity contribution is -0.131. The lowest BCUT2D eigenvalue weighted by atomic mass is 10.2. The maximum absolute atomic E-state index is 12.1. The Morgan fingerprint density at radius 3 is 2.58 bits per heavy atom. The first-order valence-corrected chi connectivity index (χ1v) is 5.75. The summed E-state index contributed by atoms with van der Waals surface area (Å²) in [6.45, 7) is -0.215. The van der Waals surface area contributed by atoms with Gasteiger partial charge in [-0.05, 0) is 12.1 Å². The first kappa shape index (κ1) is 13.4. The number of para-hydroxylation sites is 1. The largest absolute Gasteiger partial charge is 0.390 e. The molecular formula is C12H13F3N4. The minimum Gasteiger partial charge on any atom is -0.369 e. The third kappa shape index (κ3) is 3.46. The molecule has 0 aliphatic rings. The van der Waals surface area contributed by atoms with E-state index < -0.39 is 12.6 Å². The Bertz CT molecular complexity index is 568.